The Morgan fingerprint density at radius 2 is 1.90 bits per heavy atom. The zero-order chi connectivity index (χ0) is 13.3. The van der Waals surface area contributed by atoms with E-state index >= 15 is 0 Å². The number of nitrogens with one attached hydrogen (secondary N) is 2. The molecule has 0 amide bonds. The molecule has 20 heavy (non-hydrogen) atoms. The summed E-state index contributed by atoms with van der Waals surface area (Å²) >= 11 is 5.08. The molecule has 2 heterocycles. The van der Waals surface area contributed by atoms with Crippen molar-refractivity contribution in [1.29, 1.82) is 0 Å². The Morgan fingerprint density at radius 1 is 1.15 bits per heavy atom. The minimum absolute atomic E-state index is 0. The van der Waals surface area contributed by atoms with Crippen molar-refractivity contribution in [2.75, 3.05) is 0 Å². The second-order valence-corrected chi connectivity index (χ2v) is 4.04. The van der Waals surface area contributed by atoms with E-state index in [2.05, 4.69) is 25.8 Å². The van der Waals surface area contributed by atoms with Crippen LogP contribution in [0.25, 0.3) is 0 Å². The molecule has 0 unspecified atom stereocenters. The van der Waals surface area contributed by atoms with Crippen LogP contribution in [0.5, 0.6) is 0 Å². The Bertz CT molecular complexity index is 547. The smallest absolute Gasteiger partial charge is 0.356 e. The Balaban J connectivity index is 0.00000200. The van der Waals surface area contributed by atoms with Crippen LogP contribution in [0.15, 0.2) is 53.9 Å². The maximum absolute atomic E-state index is 5.08. The number of aromatic nitrogens is 2. The molecule has 0 aliphatic rings. The number of rotatable bonds is 4. The fourth-order valence-electron chi connectivity index (χ4n) is 1.32. The van der Waals surface area contributed by atoms with Crippen LogP contribution >= 0.6 is 12.2 Å². The first kappa shape index (κ1) is 16.2. The van der Waals surface area contributed by atoms with Crippen LogP contribution in [0.1, 0.15) is 11.4 Å². The summed E-state index contributed by atoms with van der Waals surface area (Å²) in [6.45, 7) is 0.561. The molecule has 0 aliphatic heterocycles. The van der Waals surface area contributed by atoms with E-state index in [4.69, 9.17) is 12.2 Å². The first-order valence-corrected chi connectivity index (χ1v) is 6.13. The van der Waals surface area contributed by atoms with Crippen LogP contribution in [0.4, 0.5) is 0 Å². The van der Waals surface area contributed by atoms with Crippen LogP contribution in [-0.4, -0.2) is 21.3 Å². The summed E-state index contributed by atoms with van der Waals surface area (Å²) in [5.41, 5.74) is 4.41. The minimum Gasteiger partial charge on any atom is -0.356 e. The van der Waals surface area contributed by atoms with Crippen molar-refractivity contribution in [3.63, 3.8) is 0 Å². The van der Waals surface area contributed by atoms with Gasteiger partial charge in [0.2, 0.25) is 0 Å². The molecule has 0 atom stereocenters. The molecule has 7 heteroatoms. The van der Waals surface area contributed by atoms with E-state index in [1.165, 1.54) is 0 Å². The minimum atomic E-state index is 0. The van der Waals surface area contributed by atoms with Crippen LogP contribution in [0.2, 0.25) is 0 Å². The van der Waals surface area contributed by atoms with Gasteiger partial charge in [-0.25, -0.2) is 0 Å². The van der Waals surface area contributed by atoms with Crippen molar-refractivity contribution < 1.29 is 17.1 Å². The number of hydrogen-bond donors (Lipinski definition) is 2. The van der Waals surface area contributed by atoms with Gasteiger partial charge in [-0.15, -0.1) is 0 Å². The second kappa shape index (κ2) is 9.14. The van der Waals surface area contributed by atoms with Gasteiger partial charge in [0.05, 0.1) is 24.1 Å². The van der Waals surface area contributed by atoms with Gasteiger partial charge in [-0.05, 0) is 36.5 Å². The molecule has 1 radical (unpaired) electrons. The number of nitrogens with zero attached hydrogens (tertiary/aromatic N) is 3. The Labute approximate surface area is 133 Å². The summed E-state index contributed by atoms with van der Waals surface area (Å²) in [7, 11) is 0. The van der Waals surface area contributed by atoms with Crippen molar-refractivity contribution in [3.05, 3.63) is 60.2 Å². The van der Waals surface area contributed by atoms with Crippen molar-refractivity contribution in [3.8, 4) is 0 Å². The standard InChI is InChI=1S/C13H13N5S.Cu/c19-13(16-9-11-5-1-3-7-14-11)18-17-10-12-6-2-4-8-15-12;/h1-8,10H,9H2,(H2,16,18,19);/q;+2. The zero-order valence-corrected chi connectivity index (χ0v) is 12.2. The summed E-state index contributed by atoms with van der Waals surface area (Å²) in [5, 5.41) is 7.44. The summed E-state index contributed by atoms with van der Waals surface area (Å²) in [6, 6.07) is 11.3. The van der Waals surface area contributed by atoms with Crippen molar-refractivity contribution in [2.24, 2.45) is 5.10 Å². The molecular formula is C13H13CuN5S+2. The summed E-state index contributed by atoms with van der Waals surface area (Å²) < 4.78 is 0. The van der Waals surface area contributed by atoms with Gasteiger partial charge in [0.25, 0.3) is 0 Å². The summed E-state index contributed by atoms with van der Waals surface area (Å²) in [5.74, 6) is 0. The predicted octanol–water partition coefficient (Wildman–Crippen LogP) is 1.47. The topological polar surface area (TPSA) is 62.2 Å². The molecule has 2 aromatic rings. The van der Waals surface area contributed by atoms with E-state index in [0.717, 1.165) is 11.4 Å². The molecule has 2 rings (SSSR count). The number of pyridine rings is 2. The first-order valence-electron chi connectivity index (χ1n) is 5.72. The Hall–Kier alpha value is -1.82. The molecule has 0 aromatic carbocycles. The van der Waals surface area contributed by atoms with Gasteiger partial charge in [-0.3, -0.25) is 15.4 Å². The monoisotopic (exact) mass is 334 g/mol. The molecule has 0 saturated carbocycles. The Morgan fingerprint density at radius 3 is 2.55 bits per heavy atom. The van der Waals surface area contributed by atoms with Crippen LogP contribution in [0, 0.1) is 0 Å². The van der Waals surface area contributed by atoms with Gasteiger partial charge >= 0.3 is 17.1 Å². The predicted molar refractivity (Wildman–Crippen MR) is 78.6 cm³/mol. The molecule has 0 aliphatic carbocycles. The van der Waals surface area contributed by atoms with Gasteiger partial charge in [0.1, 0.15) is 0 Å². The van der Waals surface area contributed by atoms with E-state index < -0.39 is 0 Å². The molecule has 0 saturated heterocycles. The molecule has 0 bridgehead atoms. The molecule has 2 N–H and O–H groups in total. The Kier molecular flexibility index (Phi) is 7.42. The van der Waals surface area contributed by atoms with Crippen molar-refractivity contribution >= 4 is 23.5 Å². The van der Waals surface area contributed by atoms with E-state index in [1.54, 1.807) is 18.6 Å². The number of hydrazone groups is 1. The van der Waals surface area contributed by atoms with Gasteiger partial charge in [-0.1, -0.05) is 12.1 Å². The van der Waals surface area contributed by atoms with E-state index in [-0.39, 0.29) is 17.1 Å². The fourth-order valence-corrected chi connectivity index (χ4v) is 1.45. The average molecular weight is 335 g/mol. The zero-order valence-electron chi connectivity index (χ0n) is 10.5. The number of thiocarbonyl (C=S) groups is 1. The maximum Gasteiger partial charge on any atom is 2.00 e. The van der Waals surface area contributed by atoms with Gasteiger partial charge in [0.15, 0.2) is 5.11 Å². The molecule has 5 nitrogen and oxygen atoms in total. The first-order chi connectivity index (χ1) is 9.34. The third-order valence-electron chi connectivity index (χ3n) is 2.21. The summed E-state index contributed by atoms with van der Waals surface area (Å²) in [4.78, 5) is 8.29. The molecule has 105 valence electrons. The van der Waals surface area contributed by atoms with Gasteiger partial charge < -0.3 is 5.32 Å². The van der Waals surface area contributed by atoms with Gasteiger partial charge in [-0.2, -0.15) is 5.10 Å². The van der Waals surface area contributed by atoms with E-state index in [9.17, 15) is 0 Å². The van der Waals surface area contributed by atoms with Crippen molar-refractivity contribution in [2.45, 2.75) is 6.54 Å². The van der Waals surface area contributed by atoms with E-state index in [0.29, 0.717) is 11.7 Å². The van der Waals surface area contributed by atoms with Crippen molar-refractivity contribution in [1.82, 2.24) is 20.7 Å². The van der Waals surface area contributed by atoms with Crippen LogP contribution < -0.4 is 10.7 Å². The van der Waals surface area contributed by atoms with E-state index in [1.807, 2.05) is 36.4 Å². The maximum atomic E-state index is 5.08. The SMILES string of the molecule is S=C(NCc1ccccn1)NN=Cc1ccccn1.[Cu+2]. The van der Waals surface area contributed by atoms with Crippen LogP contribution in [-0.2, 0) is 23.6 Å². The van der Waals surface area contributed by atoms with Crippen LogP contribution in [0.3, 0.4) is 0 Å². The molecule has 0 fully saturated rings. The number of hydrogen-bond acceptors (Lipinski definition) is 4. The second-order valence-electron chi connectivity index (χ2n) is 3.63. The van der Waals surface area contributed by atoms with Gasteiger partial charge in [0, 0.05) is 12.4 Å². The summed E-state index contributed by atoms with van der Waals surface area (Å²) in [6.07, 6.45) is 5.06. The largest absolute Gasteiger partial charge is 2.00 e. The quantitative estimate of drug-likeness (QED) is 0.384. The fraction of sp³-hybridized carbons (Fsp3) is 0.0769. The average Bonchev–Trinajstić information content (AvgIpc) is 2.47. The molecule has 0 spiro atoms. The molecule has 2 aromatic heterocycles. The third kappa shape index (κ3) is 5.88. The third-order valence-corrected chi connectivity index (χ3v) is 2.44. The normalized spacial score (nSPS) is 9.80. The molecular weight excluding hydrogens is 322 g/mol.